The average Bonchev–Trinajstić information content (AvgIpc) is 2.32. The van der Waals surface area contributed by atoms with E-state index in [1.54, 1.807) is 11.9 Å². The van der Waals surface area contributed by atoms with E-state index < -0.39 is 6.43 Å². The molecule has 0 aliphatic heterocycles. The number of halogens is 2. The summed E-state index contributed by atoms with van der Waals surface area (Å²) in [5.74, 6) is 0. The van der Waals surface area contributed by atoms with Crippen LogP contribution in [0.25, 0.3) is 0 Å². The van der Waals surface area contributed by atoms with Gasteiger partial charge >= 0.3 is 0 Å². The van der Waals surface area contributed by atoms with Crippen molar-refractivity contribution in [2.24, 2.45) is 0 Å². The molecule has 1 rings (SSSR count). The lowest BCUT2D eigenvalue weighted by atomic mass is 10.0. The summed E-state index contributed by atoms with van der Waals surface area (Å²) in [4.78, 5) is 1.69. The summed E-state index contributed by atoms with van der Waals surface area (Å²) in [6.45, 7) is 7.53. The maximum atomic E-state index is 12.5. The normalized spacial score (nSPS) is 13.2. The van der Waals surface area contributed by atoms with Crippen LogP contribution < -0.4 is 5.32 Å². The van der Waals surface area contributed by atoms with Crippen LogP contribution in [0.3, 0.4) is 0 Å². The Morgan fingerprint density at radius 3 is 2.20 bits per heavy atom. The van der Waals surface area contributed by atoms with Gasteiger partial charge in [0.25, 0.3) is 6.43 Å². The molecule has 0 heterocycles. The highest BCUT2D eigenvalue weighted by atomic mass is 19.3. The molecule has 1 aromatic carbocycles. The molecule has 1 aromatic rings. The average molecular weight is 284 g/mol. The highest BCUT2D eigenvalue weighted by Gasteiger charge is 2.16. The molecule has 0 amide bonds. The lowest BCUT2D eigenvalue weighted by molar-refractivity contribution is 0.0958. The molecule has 0 radical (unpaired) electrons. The number of nitrogens with one attached hydrogen (secondary N) is 1. The van der Waals surface area contributed by atoms with Crippen LogP contribution in [0.1, 0.15) is 36.1 Å². The zero-order valence-corrected chi connectivity index (χ0v) is 12.9. The largest absolute Gasteiger partial charge is 0.309 e. The summed E-state index contributed by atoms with van der Waals surface area (Å²) in [5, 5.41) is 3.46. The monoisotopic (exact) mass is 284 g/mol. The van der Waals surface area contributed by atoms with Crippen LogP contribution in [0.2, 0.25) is 0 Å². The number of aryl methyl sites for hydroxylation is 2. The Labute approximate surface area is 121 Å². The van der Waals surface area contributed by atoms with Crippen molar-refractivity contribution in [3.05, 3.63) is 34.9 Å². The van der Waals surface area contributed by atoms with Crippen LogP contribution in [0.5, 0.6) is 0 Å². The van der Waals surface area contributed by atoms with Gasteiger partial charge in [0.2, 0.25) is 0 Å². The second kappa shape index (κ2) is 8.32. The summed E-state index contributed by atoms with van der Waals surface area (Å²) in [7, 11) is 1.75. The van der Waals surface area contributed by atoms with Gasteiger partial charge in [0.05, 0.1) is 6.54 Å². The fourth-order valence-electron chi connectivity index (χ4n) is 2.44. The summed E-state index contributed by atoms with van der Waals surface area (Å²) in [5.41, 5.74) is 3.59. The number of likely N-dealkylation sites (N-methyl/N-ethyl adjacent to an activating group) is 1. The molecule has 0 aromatic heterocycles. The molecule has 0 aliphatic rings. The third-order valence-corrected chi connectivity index (χ3v) is 3.23. The summed E-state index contributed by atoms with van der Waals surface area (Å²) in [6.07, 6.45) is -1.26. The van der Waals surface area contributed by atoms with Crippen LogP contribution in [0, 0.1) is 13.8 Å². The van der Waals surface area contributed by atoms with Crippen molar-refractivity contribution in [3.8, 4) is 0 Å². The highest BCUT2D eigenvalue weighted by molar-refractivity contribution is 5.30. The van der Waals surface area contributed by atoms with Crippen LogP contribution >= 0.6 is 0 Å². The Balaban J connectivity index is 2.81. The SMILES string of the molecule is CCCNC(CN(C)CC(F)F)c1cc(C)cc(C)c1. The van der Waals surface area contributed by atoms with E-state index in [1.165, 1.54) is 16.7 Å². The molecular formula is C16H26F2N2. The Bertz CT molecular complexity index is 387. The fraction of sp³-hybridized carbons (Fsp3) is 0.625. The molecule has 0 spiro atoms. The van der Waals surface area contributed by atoms with E-state index in [0.717, 1.165) is 13.0 Å². The van der Waals surface area contributed by atoms with Crippen molar-refractivity contribution in [1.29, 1.82) is 0 Å². The topological polar surface area (TPSA) is 15.3 Å². The molecule has 0 aliphatic carbocycles. The molecule has 0 saturated carbocycles. The minimum absolute atomic E-state index is 0.0947. The third kappa shape index (κ3) is 5.97. The van der Waals surface area contributed by atoms with E-state index in [4.69, 9.17) is 0 Å². The van der Waals surface area contributed by atoms with E-state index in [0.29, 0.717) is 6.54 Å². The van der Waals surface area contributed by atoms with Crippen molar-refractivity contribution < 1.29 is 8.78 Å². The van der Waals surface area contributed by atoms with Gasteiger partial charge in [0.1, 0.15) is 0 Å². The first-order valence-corrected chi connectivity index (χ1v) is 7.20. The third-order valence-electron chi connectivity index (χ3n) is 3.23. The Morgan fingerprint density at radius 2 is 1.70 bits per heavy atom. The zero-order chi connectivity index (χ0) is 15.1. The van der Waals surface area contributed by atoms with Gasteiger partial charge in [-0.15, -0.1) is 0 Å². The van der Waals surface area contributed by atoms with E-state index in [9.17, 15) is 8.78 Å². The van der Waals surface area contributed by atoms with Crippen molar-refractivity contribution in [3.63, 3.8) is 0 Å². The van der Waals surface area contributed by atoms with Gasteiger partial charge in [-0.3, -0.25) is 4.90 Å². The maximum Gasteiger partial charge on any atom is 0.251 e. The lowest BCUT2D eigenvalue weighted by Crippen LogP contribution is -2.35. The second-order valence-electron chi connectivity index (χ2n) is 5.54. The van der Waals surface area contributed by atoms with E-state index in [-0.39, 0.29) is 12.6 Å². The van der Waals surface area contributed by atoms with Gasteiger partial charge < -0.3 is 5.32 Å². The van der Waals surface area contributed by atoms with Gasteiger partial charge in [0, 0.05) is 12.6 Å². The molecule has 20 heavy (non-hydrogen) atoms. The Morgan fingerprint density at radius 1 is 1.10 bits per heavy atom. The molecular weight excluding hydrogens is 258 g/mol. The van der Waals surface area contributed by atoms with Crippen LogP contribution in [-0.2, 0) is 0 Å². The van der Waals surface area contributed by atoms with E-state index >= 15 is 0 Å². The number of benzene rings is 1. The first-order valence-electron chi connectivity index (χ1n) is 7.20. The number of alkyl halides is 2. The first-order chi connectivity index (χ1) is 9.42. The smallest absolute Gasteiger partial charge is 0.251 e. The molecule has 0 bridgehead atoms. The summed E-state index contributed by atoms with van der Waals surface area (Å²) < 4.78 is 24.9. The van der Waals surface area contributed by atoms with Gasteiger partial charge in [-0.25, -0.2) is 8.78 Å². The molecule has 2 nitrogen and oxygen atoms in total. The first kappa shape index (κ1) is 17.1. The molecule has 1 atom stereocenters. The van der Waals surface area contributed by atoms with Crippen molar-refractivity contribution >= 4 is 0 Å². The minimum Gasteiger partial charge on any atom is -0.309 e. The quantitative estimate of drug-likeness (QED) is 0.785. The Kier molecular flexibility index (Phi) is 7.10. The number of hydrogen-bond donors (Lipinski definition) is 1. The zero-order valence-electron chi connectivity index (χ0n) is 12.9. The van der Waals surface area contributed by atoms with Gasteiger partial charge in [-0.1, -0.05) is 36.2 Å². The highest BCUT2D eigenvalue weighted by Crippen LogP contribution is 2.18. The van der Waals surface area contributed by atoms with Crippen LogP contribution in [-0.4, -0.2) is 38.0 Å². The lowest BCUT2D eigenvalue weighted by Gasteiger charge is -2.26. The van der Waals surface area contributed by atoms with Crippen molar-refractivity contribution in [1.82, 2.24) is 10.2 Å². The maximum absolute atomic E-state index is 12.5. The van der Waals surface area contributed by atoms with Gasteiger partial charge in [0.15, 0.2) is 0 Å². The van der Waals surface area contributed by atoms with Crippen molar-refractivity contribution in [2.45, 2.75) is 39.7 Å². The molecule has 1 N–H and O–H groups in total. The predicted octanol–water partition coefficient (Wildman–Crippen LogP) is 3.54. The van der Waals surface area contributed by atoms with E-state index in [2.05, 4.69) is 44.3 Å². The standard InChI is InChI=1S/C16H26F2N2/c1-5-6-19-15(10-20(4)11-16(17)18)14-8-12(2)7-13(3)9-14/h7-9,15-16,19H,5-6,10-11H2,1-4H3. The molecule has 1 unspecified atom stereocenters. The number of nitrogens with zero attached hydrogens (tertiary/aromatic N) is 1. The van der Waals surface area contributed by atoms with E-state index in [1.807, 2.05) is 0 Å². The predicted molar refractivity (Wildman–Crippen MR) is 80.5 cm³/mol. The van der Waals surface area contributed by atoms with Gasteiger partial charge in [-0.2, -0.15) is 0 Å². The van der Waals surface area contributed by atoms with Crippen LogP contribution in [0.15, 0.2) is 18.2 Å². The molecule has 0 saturated heterocycles. The number of hydrogen-bond acceptors (Lipinski definition) is 2. The minimum atomic E-state index is -2.29. The van der Waals surface area contributed by atoms with Crippen LogP contribution in [0.4, 0.5) is 8.78 Å². The number of rotatable bonds is 8. The summed E-state index contributed by atoms with van der Waals surface area (Å²) >= 11 is 0. The molecule has 4 heteroatoms. The van der Waals surface area contributed by atoms with Gasteiger partial charge in [-0.05, 0) is 39.4 Å². The van der Waals surface area contributed by atoms with Crippen molar-refractivity contribution in [2.75, 3.05) is 26.7 Å². The molecule has 0 fully saturated rings. The molecule has 114 valence electrons. The second-order valence-corrected chi connectivity index (χ2v) is 5.54. The fourth-order valence-corrected chi connectivity index (χ4v) is 2.44. The Hall–Kier alpha value is -1.00. The summed E-state index contributed by atoms with van der Waals surface area (Å²) in [6, 6.07) is 6.49.